The third-order valence-corrected chi connectivity index (χ3v) is 2.83. The number of benzene rings is 2. The van der Waals surface area contributed by atoms with E-state index in [-0.39, 0.29) is 11.1 Å². The molecule has 0 spiro atoms. The van der Waals surface area contributed by atoms with Crippen LogP contribution < -0.4 is 5.48 Å². The fourth-order valence-corrected chi connectivity index (χ4v) is 1.79. The molecule has 0 bridgehead atoms. The van der Waals surface area contributed by atoms with Gasteiger partial charge >= 0.3 is 17.9 Å². The van der Waals surface area contributed by atoms with E-state index in [0.717, 1.165) is 0 Å². The molecule has 2 aromatic carbocycles. The molecule has 0 aliphatic rings. The van der Waals surface area contributed by atoms with Crippen LogP contribution in [0.1, 0.15) is 22.0 Å². The second-order valence-corrected chi connectivity index (χ2v) is 4.32. The number of amides is 1. The lowest BCUT2D eigenvalue weighted by Gasteiger charge is -2.10. The smallest absolute Gasteiger partial charge is 0.335 e. The number of hydrogen-bond acceptors (Lipinski definition) is 5. The molecule has 2 aromatic rings. The van der Waals surface area contributed by atoms with E-state index in [0.29, 0.717) is 0 Å². The van der Waals surface area contributed by atoms with Gasteiger partial charge in [0.15, 0.2) is 0 Å². The average Bonchev–Trinajstić information content (AvgIpc) is 2.54. The molecule has 22 heavy (non-hydrogen) atoms. The van der Waals surface area contributed by atoms with Crippen LogP contribution in [0.5, 0.6) is 0 Å². The summed E-state index contributed by atoms with van der Waals surface area (Å²) in [6, 6.07) is 14.0. The number of hydrogen-bond donors (Lipinski definition) is 1. The number of nitrogens with one attached hydrogen (secondary N) is 1. The molecule has 112 valence electrons. The summed E-state index contributed by atoms with van der Waals surface area (Å²) in [5.74, 6) is -1.83. The van der Waals surface area contributed by atoms with Gasteiger partial charge in [-0.1, -0.05) is 48.5 Å². The number of rotatable bonds is 4. The van der Waals surface area contributed by atoms with Gasteiger partial charge in [0.25, 0.3) is 0 Å². The summed E-state index contributed by atoms with van der Waals surface area (Å²) in [5.41, 5.74) is 2.25. The Bertz CT molecular complexity index is 673. The molecule has 1 atom stereocenters. The Morgan fingerprint density at radius 2 is 1.55 bits per heavy atom. The van der Waals surface area contributed by atoms with Crippen molar-refractivity contribution in [2.45, 2.75) is 6.04 Å². The van der Waals surface area contributed by atoms with Gasteiger partial charge in [0, 0.05) is 10.5 Å². The third-order valence-electron chi connectivity index (χ3n) is 2.83. The van der Waals surface area contributed by atoms with E-state index >= 15 is 0 Å². The molecule has 0 aliphatic heterocycles. The zero-order valence-corrected chi connectivity index (χ0v) is 11.3. The number of carbonyl (C=O) groups is 2. The molecule has 7 heteroatoms. The molecule has 0 radical (unpaired) electrons. The van der Waals surface area contributed by atoms with Crippen molar-refractivity contribution in [2.24, 2.45) is 0 Å². The number of carbonyl (C=O) groups excluding carboxylic acids is 2. The first-order valence-electron chi connectivity index (χ1n) is 6.34. The molecule has 0 aliphatic carbocycles. The van der Waals surface area contributed by atoms with Crippen molar-refractivity contribution in [3.63, 3.8) is 0 Å². The fourth-order valence-electron chi connectivity index (χ4n) is 1.79. The molecular weight excluding hydrogens is 288 g/mol. The maximum atomic E-state index is 11.9. The van der Waals surface area contributed by atoms with Crippen LogP contribution in [0.4, 0.5) is 0 Å². The molecule has 0 heterocycles. The van der Waals surface area contributed by atoms with Gasteiger partial charge in [0.1, 0.15) is 0 Å². The molecule has 0 saturated carbocycles. The van der Waals surface area contributed by atoms with Crippen LogP contribution in [0.15, 0.2) is 60.7 Å². The van der Waals surface area contributed by atoms with Crippen LogP contribution in [-0.2, 0) is 9.63 Å². The quantitative estimate of drug-likeness (QED) is 0.686. The molecule has 1 unspecified atom stereocenters. The van der Waals surface area contributed by atoms with Crippen LogP contribution in [0.25, 0.3) is 0 Å². The summed E-state index contributed by atoms with van der Waals surface area (Å²) in [6.07, 6.45) is 0. The van der Waals surface area contributed by atoms with Crippen molar-refractivity contribution in [2.75, 3.05) is 0 Å². The van der Waals surface area contributed by atoms with Crippen LogP contribution in [-0.4, -0.2) is 16.8 Å². The van der Waals surface area contributed by atoms with Crippen LogP contribution >= 0.6 is 0 Å². The minimum atomic E-state index is -1.65. The Labute approximate surface area is 125 Å². The molecule has 0 fully saturated rings. The number of nitro groups is 1. The summed E-state index contributed by atoms with van der Waals surface area (Å²) < 4.78 is 0. The standard InChI is InChI=1S/C15H12N2O5/c18-14(13(17(20)21)11-7-3-1-4-8-11)16-22-15(19)12-9-5-2-6-10-12/h1-10,13H,(H,16,18). The lowest BCUT2D eigenvalue weighted by atomic mass is 10.1. The Morgan fingerprint density at radius 3 is 2.09 bits per heavy atom. The SMILES string of the molecule is O=C(ONC(=O)C(c1ccccc1)[N+](=O)[O-])c1ccccc1. The van der Waals surface area contributed by atoms with E-state index < -0.39 is 22.8 Å². The lowest BCUT2D eigenvalue weighted by Crippen LogP contribution is -2.35. The minimum Gasteiger partial charge on any atom is -0.335 e. The summed E-state index contributed by atoms with van der Waals surface area (Å²) in [7, 11) is 0. The van der Waals surface area contributed by atoms with Gasteiger partial charge < -0.3 is 4.84 Å². The summed E-state index contributed by atoms with van der Waals surface area (Å²) in [6.45, 7) is 0. The molecular formula is C15H12N2O5. The van der Waals surface area contributed by atoms with Gasteiger partial charge in [-0.05, 0) is 12.1 Å². The van der Waals surface area contributed by atoms with E-state index in [1.165, 1.54) is 24.3 Å². The molecule has 2 rings (SSSR count). The Morgan fingerprint density at radius 1 is 1.00 bits per heavy atom. The fraction of sp³-hybridized carbons (Fsp3) is 0.0667. The Balaban J connectivity index is 2.04. The summed E-state index contributed by atoms with van der Waals surface area (Å²) in [4.78, 5) is 38.5. The average molecular weight is 300 g/mol. The van der Waals surface area contributed by atoms with Crippen molar-refractivity contribution in [3.05, 3.63) is 81.9 Å². The van der Waals surface area contributed by atoms with Gasteiger partial charge in [0.2, 0.25) is 0 Å². The molecule has 0 aromatic heterocycles. The van der Waals surface area contributed by atoms with Crippen LogP contribution in [0, 0.1) is 10.1 Å². The largest absolute Gasteiger partial charge is 0.362 e. The van der Waals surface area contributed by atoms with Crippen molar-refractivity contribution in [1.82, 2.24) is 5.48 Å². The number of hydroxylamine groups is 1. The van der Waals surface area contributed by atoms with Crippen molar-refractivity contribution < 1.29 is 19.3 Å². The molecule has 0 saturated heterocycles. The molecule has 1 amide bonds. The second-order valence-electron chi connectivity index (χ2n) is 4.32. The van der Waals surface area contributed by atoms with Crippen molar-refractivity contribution in [1.29, 1.82) is 0 Å². The second kappa shape index (κ2) is 6.98. The minimum absolute atomic E-state index is 0.195. The first kappa shape index (κ1) is 15.2. The Hall–Kier alpha value is -3.22. The predicted molar refractivity (Wildman–Crippen MR) is 76.2 cm³/mol. The van der Waals surface area contributed by atoms with E-state index in [2.05, 4.69) is 4.84 Å². The van der Waals surface area contributed by atoms with Gasteiger partial charge in [-0.2, -0.15) is 5.48 Å². The third kappa shape index (κ3) is 3.66. The maximum absolute atomic E-state index is 11.9. The van der Waals surface area contributed by atoms with E-state index in [9.17, 15) is 19.7 Å². The van der Waals surface area contributed by atoms with E-state index in [4.69, 9.17) is 0 Å². The normalized spacial score (nSPS) is 11.3. The highest BCUT2D eigenvalue weighted by Gasteiger charge is 2.32. The van der Waals surface area contributed by atoms with Crippen LogP contribution in [0.3, 0.4) is 0 Å². The van der Waals surface area contributed by atoms with Gasteiger partial charge in [-0.3, -0.25) is 14.9 Å². The highest BCUT2D eigenvalue weighted by molar-refractivity contribution is 5.90. The zero-order chi connectivity index (χ0) is 15.9. The number of nitrogens with zero attached hydrogens (tertiary/aromatic N) is 1. The summed E-state index contributed by atoms with van der Waals surface area (Å²) in [5, 5.41) is 11.1. The van der Waals surface area contributed by atoms with Crippen molar-refractivity contribution >= 4 is 11.9 Å². The highest BCUT2D eigenvalue weighted by Crippen LogP contribution is 2.16. The zero-order valence-electron chi connectivity index (χ0n) is 11.3. The first-order valence-corrected chi connectivity index (χ1v) is 6.34. The van der Waals surface area contributed by atoms with Gasteiger partial charge in [-0.15, -0.1) is 0 Å². The van der Waals surface area contributed by atoms with Crippen LogP contribution in [0.2, 0.25) is 0 Å². The monoisotopic (exact) mass is 300 g/mol. The van der Waals surface area contributed by atoms with Crippen molar-refractivity contribution in [3.8, 4) is 0 Å². The maximum Gasteiger partial charge on any atom is 0.362 e. The van der Waals surface area contributed by atoms with E-state index in [1.54, 1.807) is 36.4 Å². The van der Waals surface area contributed by atoms with E-state index in [1.807, 2.05) is 5.48 Å². The molecule has 1 N–H and O–H groups in total. The lowest BCUT2D eigenvalue weighted by molar-refractivity contribution is -0.514. The predicted octanol–water partition coefficient (Wildman–Crippen LogP) is 1.89. The van der Waals surface area contributed by atoms with Gasteiger partial charge in [0.05, 0.1) is 5.56 Å². The molecule has 7 nitrogen and oxygen atoms in total. The van der Waals surface area contributed by atoms with Gasteiger partial charge in [-0.25, -0.2) is 4.79 Å². The summed E-state index contributed by atoms with van der Waals surface area (Å²) >= 11 is 0. The highest BCUT2D eigenvalue weighted by atomic mass is 16.7. The first-order chi connectivity index (χ1) is 10.6. The Kier molecular flexibility index (Phi) is 4.81. The topological polar surface area (TPSA) is 98.5 Å².